The average Bonchev–Trinajstić information content (AvgIpc) is 2.64. The van der Waals surface area contributed by atoms with Gasteiger partial charge in [-0.3, -0.25) is 4.79 Å². The Labute approximate surface area is 79.5 Å². The van der Waals surface area contributed by atoms with Gasteiger partial charge in [0, 0.05) is 5.56 Å². The van der Waals surface area contributed by atoms with Crippen LogP contribution in [0.25, 0.3) is 11.1 Å². The van der Waals surface area contributed by atoms with Crippen molar-refractivity contribution in [1.29, 1.82) is 0 Å². The van der Waals surface area contributed by atoms with Crippen LogP contribution in [0.15, 0.2) is 29.0 Å². The van der Waals surface area contributed by atoms with Crippen molar-refractivity contribution in [3.63, 3.8) is 0 Å². The minimum Gasteiger partial charge on any atom is -0.443 e. The van der Waals surface area contributed by atoms with Crippen molar-refractivity contribution in [1.82, 2.24) is 4.98 Å². The van der Waals surface area contributed by atoms with Gasteiger partial charge < -0.3 is 9.21 Å². The summed E-state index contributed by atoms with van der Waals surface area (Å²) in [5, 5.41) is 0. The van der Waals surface area contributed by atoms with Crippen LogP contribution >= 0.6 is 0 Å². The van der Waals surface area contributed by atoms with Gasteiger partial charge in [0.1, 0.15) is 11.8 Å². The van der Waals surface area contributed by atoms with Gasteiger partial charge in [-0.15, -0.1) is 0 Å². The third-order valence-corrected chi connectivity index (χ3v) is 1.92. The molecule has 0 spiro atoms. The van der Waals surface area contributed by atoms with E-state index >= 15 is 0 Å². The van der Waals surface area contributed by atoms with E-state index in [1.807, 2.05) is 0 Å². The summed E-state index contributed by atoms with van der Waals surface area (Å²) in [6.45, 7) is 0. The summed E-state index contributed by atoms with van der Waals surface area (Å²) >= 11 is 0. The first-order chi connectivity index (χ1) is 6.81. The van der Waals surface area contributed by atoms with E-state index in [-0.39, 0.29) is 12.2 Å². The predicted octanol–water partition coefficient (Wildman–Crippen LogP) is 1.60. The molecule has 0 fully saturated rings. The molecule has 0 N–H and O–H groups in total. The van der Waals surface area contributed by atoms with Crippen LogP contribution in [0.2, 0.25) is 0 Å². The largest absolute Gasteiger partial charge is 0.443 e. The van der Waals surface area contributed by atoms with Crippen molar-refractivity contribution < 1.29 is 14.0 Å². The molecule has 2 aromatic rings. The number of oxazole rings is 1. The Balaban J connectivity index is 2.43. The molecule has 0 unspecified atom stereocenters. The van der Waals surface area contributed by atoms with Crippen molar-refractivity contribution in [2.24, 2.45) is 0 Å². The van der Waals surface area contributed by atoms with Gasteiger partial charge in [-0.2, -0.15) is 0 Å². The van der Waals surface area contributed by atoms with Crippen molar-refractivity contribution in [2.45, 2.75) is 6.42 Å². The fourth-order valence-corrected chi connectivity index (χ4v) is 1.22. The normalized spacial score (nSPS) is 10.3. The highest BCUT2D eigenvalue weighted by atomic mass is 16.3. The maximum absolute atomic E-state index is 11.3. The number of fused-ring (bicyclic) bond motifs is 1. The van der Waals surface area contributed by atoms with Gasteiger partial charge in [0.25, 0.3) is 0 Å². The number of ketones is 1. The van der Waals surface area contributed by atoms with Crippen LogP contribution < -0.4 is 0 Å². The average molecular weight is 189 g/mol. The number of hydrogen-bond acceptors (Lipinski definition) is 4. The highest BCUT2D eigenvalue weighted by Gasteiger charge is 2.07. The lowest BCUT2D eigenvalue weighted by Gasteiger charge is -1.95. The molecule has 4 heteroatoms. The number of nitrogens with zero attached hydrogens (tertiary/aromatic N) is 1. The number of aromatic nitrogens is 1. The molecule has 0 aliphatic heterocycles. The molecule has 1 aromatic heterocycles. The molecule has 0 aliphatic rings. The summed E-state index contributed by atoms with van der Waals surface area (Å²) in [4.78, 5) is 25.4. The van der Waals surface area contributed by atoms with E-state index in [4.69, 9.17) is 4.42 Å². The zero-order valence-electron chi connectivity index (χ0n) is 7.27. The second kappa shape index (κ2) is 3.41. The van der Waals surface area contributed by atoms with Gasteiger partial charge in [0.15, 0.2) is 17.8 Å². The number of carbonyl (C=O) groups is 2. The highest BCUT2D eigenvalue weighted by Crippen LogP contribution is 2.14. The van der Waals surface area contributed by atoms with E-state index in [9.17, 15) is 9.59 Å². The summed E-state index contributed by atoms with van der Waals surface area (Å²) in [6, 6.07) is 4.92. The Bertz CT molecular complexity index is 487. The zero-order valence-corrected chi connectivity index (χ0v) is 7.27. The number of carbonyl (C=O) groups excluding carboxylic acids is 2. The first-order valence-corrected chi connectivity index (χ1v) is 4.11. The van der Waals surface area contributed by atoms with E-state index in [2.05, 4.69) is 4.98 Å². The number of Topliss-reactive ketones (excluding diaryl/α,β-unsaturated/α-hetero) is 1. The van der Waals surface area contributed by atoms with Gasteiger partial charge >= 0.3 is 0 Å². The van der Waals surface area contributed by atoms with Crippen LogP contribution in [0.5, 0.6) is 0 Å². The van der Waals surface area contributed by atoms with Crippen LogP contribution in [0.3, 0.4) is 0 Å². The van der Waals surface area contributed by atoms with E-state index in [1.165, 1.54) is 6.39 Å². The molecule has 4 nitrogen and oxygen atoms in total. The van der Waals surface area contributed by atoms with E-state index in [0.29, 0.717) is 22.9 Å². The fourth-order valence-electron chi connectivity index (χ4n) is 1.22. The molecule has 0 radical (unpaired) electrons. The maximum atomic E-state index is 11.3. The summed E-state index contributed by atoms with van der Waals surface area (Å²) in [6.07, 6.45) is 1.81. The van der Waals surface area contributed by atoms with Crippen LogP contribution in [-0.4, -0.2) is 17.1 Å². The van der Waals surface area contributed by atoms with Crippen molar-refractivity contribution in [2.75, 3.05) is 0 Å². The molecule has 70 valence electrons. The minimum atomic E-state index is -0.210. The lowest BCUT2D eigenvalue weighted by Crippen LogP contribution is -1.98. The van der Waals surface area contributed by atoms with Gasteiger partial charge in [0.2, 0.25) is 0 Å². The molecule has 0 saturated heterocycles. The first-order valence-electron chi connectivity index (χ1n) is 4.11. The highest BCUT2D eigenvalue weighted by molar-refractivity contribution is 6.04. The van der Waals surface area contributed by atoms with Crippen molar-refractivity contribution in [3.8, 4) is 0 Å². The summed E-state index contributed by atoms with van der Waals surface area (Å²) < 4.78 is 5.04. The van der Waals surface area contributed by atoms with Crippen molar-refractivity contribution in [3.05, 3.63) is 30.2 Å². The third-order valence-electron chi connectivity index (χ3n) is 1.92. The molecule has 1 aromatic carbocycles. The fraction of sp³-hybridized carbons (Fsp3) is 0.100. The van der Waals surface area contributed by atoms with E-state index < -0.39 is 0 Å². The molecule has 0 amide bonds. The topological polar surface area (TPSA) is 60.2 Å². The molecule has 1 heterocycles. The predicted molar refractivity (Wildman–Crippen MR) is 49.0 cm³/mol. The lowest BCUT2D eigenvalue weighted by molar-refractivity contribution is -0.107. The second-order valence-corrected chi connectivity index (χ2v) is 2.83. The van der Waals surface area contributed by atoms with Gasteiger partial charge in [-0.1, -0.05) is 0 Å². The van der Waals surface area contributed by atoms with Crippen LogP contribution in [0.1, 0.15) is 16.8 Å². The minimum absolute atomic E-state index is 0.0976. The van der Waals surface area contributed by atoms with Crippen molar-refractivity contribution >= 4 is 23.2 Å². The number of aldehydes is 1. The second-order valence-electron chi connectivity index (χ2n) is 2.83. The van der Waals surface area contributed by atoms with Gasteiger partial charge in [-0.05, 0) is 18.2 Å². The Morgan fingerprint density at radius 2 is 2.36 bits per heavy atom. The Kier molecular flexibility index (Phi) is 2.10. The Hall–Kier alpha value is -1.97. The van der Waals surface area contributed by atoms with Crippen LogP contribution in [-0.2, 0) is 4.79 Å². The lowest BCUT2D eigenvalue weighted by atomic mass is 10.1. The Morgan fingerprint density at radius 3 is 3.14 bits per heavy atom. The molecular formula is C10H7NO3. The third kappa shape index (κ3) is 1.42. The Morgan fingerprint density at radius 1 is 1.50 bits per heavy atom. The molecule has 0 aliphatic carbocycles. The monoisotopic (exact) mass is 189 g/mol. The van der Waals surface area contributed by atoms with E-state index in [0.717, 1.165) is 0 Å². The SMILES string of the molecule is O=CCC(=O)c1ccc2ncoc2c1. The zero-order chi connectivity index (χ0) is 9.97. The summed E-state index contributed by atoms with van der Waals surface area (Å²) in [7, 11) is 0. The van der Waals surface area contributed by atoms with Crippen LogP contribution in [0.4, 0.5) is 0 Å². The standard InChI is InChI=1S/C10H7NO3/c12-4-3-9(13)7-1-2-8-10(5-7)14-6-11-8/h1-2,4-6H,3H2. The van der Waals surface area contributed by atoms with Gasteiger partial charge in [0.05, 0.1) is 6.42 Å². The van der Waals surface area contributed by atoms with E-state index in [1.54, 1.807) is 18.2 Å². The molecule has 2 rings (SSSR count). The first kappa shape index (κ1) is 8.62. The summed E-state index contributed by atoms with van der Waals surface area (Å²) in [5.41, 5.74) is 1.73. The smallest absolute Gasteiger partial charge is 0.181 e. The van der Waals surface area contributed by atoms with Crippen LogP contribution in [0, 0.1) is 0 Å². The molecule has 0 saturated carbocycles. The number of benzene rings is 1. The molecule has 0 atom stereocenters. The quantitative estimate of drug-likeness (QED) is 0.418. The maximum Gasteiger partial charge on any atom is 0.181 e. The molecule has 0 bridgehead atoms. The molecular weight excluding hydrogens is 182 g/mol. The number of rotatable bonds is 3. The van der Waals surface area contributed by atoms with Gasteiger partial charge in [-0.25, -0.2) is 4.98 Å². The number of hydrogen-bond donors (Lipinski definition) is 0. The molecule has 14 heavy (non-hydrogen) atoms. The summed E-state index contributed by atoms with van der Waals surface area (Å²) in [5.74, 6) is -0.210.